The summed E-state index contributed by atoms with van der Waals surface area (Å²) in [6.45, 7) is 2.40. The number of nitrogens with two attached hydrogens (primary N) is 1. The molecule has 2 N–H and O–H groups in total. The van der Waals surface area contributed by atoms with Crippen LogP contribution in [0.3, 0.4) is 0 Å². The molecule has 1 aliphatic heterocycles. The highest BCUT2D eigenvalue weighted by Crippen LogP contribution is 2.20. The van der Waals surface area contributed by atoms with Crippen LogP contribution in [0.4, 0.5) is 0 Å². The standard InChI is InChI=1S/C14H27NO3/c15-12-5-7-13(8-6-12)16-10-3-11-18-14-4-1-2-9-17-14/h12-14H,1-11,15H2. The topological polar surface area (TPSA) is 53.7 Å². The lowest BCUT2D eigenvalue weighted by Gasteiger charge is -2.26. The van der Waals surface area contributed by atoms with Gasteiger partial charge in [0, 0.05) is 19.3 Å². The average Bonchev–Trinajstić information content (AvgIpc) is 2.42. The van der Waals surface area contributed by atoms with Crippen LogP contribution in [0.15, 0.2) is 0 Å². The van der Waals surface area contributed by atoms with Gasteiger partial charge in [0.1, 0.15) is 0 Å². The molecular weight excluding hydrogens is 230 g/mol. The highest BCUT2D eigenvalue weighted by Gasteiger charge is 2.18. The van der Waals surface area contributed by atoms with E-state index < -0.39 is 0 Å². The summed E-state index contributed by atoms with van der Waals surface area (Å²) in [4.78, 5) is 0. The van der Waals surface area contributed by atoms with Gasteiger partial charge in [0.05, 0.1) is 12.7 Å². The molecule has 1 aliphatic carbocycles. The monoisotopic (exact) mass is 257 g/mol. The SMILES string of the molecule is NC1CCC(OCCCOC2CCCCO2)CC1. The Morgan fingerprint density at radius 3 is 2.44 bits per heavy atom. The van der Waals surface area contributed by atoms with Gasteiger partial charge in [-0.05, 0) is 51.4 Å². The van der Waals surface area contributed by atoms with E-state index in [-0.39, 0.29) is 6.29 Å². The van der Waals surface area contributed by atoms with E-state index in [9.17, 15) is 0 Å². The second-order valence-corrected chi connectivity index (χ2v) is 5.43. The maximum Gasteiger partial charge on any atom is 0.157 e. The Bertz CT molecular complexity index is 211. The third kappa shape index (κ3) is 5.22. The molecule has 2 fully saturated rings. The molecule has 0 aromatic heterocycles. The van der Waals surface area contributed by atoms with Crippen LogP contribution in [0, 0.1) is 0 Å². The summed E-state index contributed by atoms with van der Waals surface area (Å²) in [6, 6.07) is 0.400. The maximum absolute atomic E-state index is 5.87. The van der Waals surface area contributed by atoms with E-state index in [1.807, 2.05) is 0 Å². The lowest BCUT2D eigenvalue weighted by molar-refractivity contribution is -0.164. The van der Waals surface area contributed by atoms with Crippen LogP contribution in [-0.4, -0.2) is 38.3 Å². The van der Waals surface area contributed by atoms with E-state index in [4.69, 9.17) is 19.9 Å². The zero-order valence-corrected chi connectivity index (χ0v) is 11.3. The normalized spacial score (nSPS) is 33.5. The molecule has 4 nitrogen and oxygen atoms in total. The van der Waals surface area contributed by atoms with E-state index in [0.717, 1.165) is 58.3 Å². The summed E-state index contributed by atoms with van der Waals surface area (Å²) in [5.41, 5.74) is 5.87. The molecule has 0 radical (unpaired) electrons. The van der Waals surface area contributed by atoms with Crippen molar-refractivity contribution in [3.05, 3.63) is 0 Å². The first-order valence-electron chi connectivity index (χ1n) is 7.45. The lowest BCUT2D eigenvalue weighted by atomic mass is 9.94. The molecule has 0 aromatic carbocycles. The van der Waals surface area contributed by atoms with Crippen molar-refractivity contribution >= 4 is 0 Å². The van der Waals surface area contributed by atoms with Gasteiger partial charge in [-0.3, -0.25) is 0 Å². The van der Waals surface area contributed by atoms with Crippen LogP contribution in [0.2, 0.25) is 0 Å². The van der Waals surface area contributed by atoms with E-state index in [0.29, 0.717) is 12.1 Å². The minimum Gasteiger partial charge on any atom is -0.378 e. The molecule has 1 heterocycles. The zero-order chi connectivity index (χ0) is 12.6. The lowest BCUT2D eigenvalue weighted by Crippen LogP contribution is -2.30. The molecule has 106 valence electrons. The van der Waals surface area contributed by atoms with Crippen molar-refractivity contribution < 1.29 is 14.2 Å². The molecule has 0 spiro atoms. The quantitative estimate of drug-likeness (QED) is 0.741. The fourth-order valence-electron chi connectivity index (χ4n) is 2.62. The molecule has 2 rings (SSSR count). The first-order valence-corrected chi connectivity index (χ1v) is 7.45. The van der Waals surface area contributed by atoms with Crippen LogP contribution in [0.5, 0.6) is 0 Å². The molecule has 2 aliphatic rings. The van der Waals surface area contributed by atoms with E-state index in [2.05, 4.69) is 0 Å². The third-order valence-electron chi connectivity index (χ3n) is 3.80. The second kappa shape index (κ2) is 8.10. The molecule has 0 amide bonds. The van der Waals surface area contributed by atoms with Crippen LogP contribution >= 0.6 is 0 Å². The highest BCUT2D eigenvalue weighted by atomic mass is 16.7. The van der Waals surface area contributed by atoms with Crippen molar-refractivity contribution in [3.8, 4) is 0 Å². The van der Waals surface area contributed by atoms with E-state index >= 15 is 0 Å². The highest BCUT2D eigenvalue weighted by molar-refractivity contribution is 4.74. The van der Waals surface area contributed by atoms with Gasteiger partial charge in [0.25, 0.3) is 0 Å². The van der Waals surface area contributed by atoms with Gasteiger partial charge in [0.15, 0.2) is 6.29 Å². The van der Waals surface area contributed by atoms with Crippen molar-refractivity contribution in [2.75, 3.05) is 19.8 Å². The Kier molecular flexibility index (Phi) is 6.41. The molecule has 1 saturated carbocycles. The third-order valence-corrected chi connectivity index (χ3v) is 3.80. The van der Waals surface area contributed by atoms with Crippen molar-refractivity contribution in [1.82, 2.24) is 0 Å². The summed E-state index contributed by atoms with van der Waals surface area (Å²) >= 11 is 0. The fraction of sp³-hybridized carbons (Fsp3) is 1.00. The summed E-state index contributed by atoms with van der Waals surface area (Å²) in [5.74, 6) is 0. The molecule has 18 heavy (non-hydrogen) atoms. The zero-order valence-electron chi connectivity index (χ0n) is 11.3. The van der Waals surface area contributed by atoms with Gasteiger partial charge in [-0.15, -0.1) is 0 Å². The Labute approximate surface area is 110 Å². The van der Waals surface area contributed by atoms with Crippen LogP contribution in [-0.2, 0) is 14.2 Å². The van der Waals surface area contributed by atoms with Gasteiger partial charge < -0.3 is 19.9 Å². The number of hydrogen-bond acceptors (Lipinski definition) is 4. The van der Waals surface area contributed by atoms with Crippen LogP contribution < -0.4 is 5.73 Å². The predicted molar refractivity (Wildman–Crippen MR) is 70.3 cm³/mol. The van der Waals surface area contributed by atoms with Crippen LogP contribution in [0.25, 0.3) is 0 Å². The number of rotatable bonds is 6. The van der Waals surface area contributed by atoms with Gasteiger partial charge >= 0.3 is 0 Å². The Morgan fingerprint density at radius 2 is 1.72 bits per heavy atom. The van der Waals surface area contributed by atoms with E-state index in [1.54, 1.807) is 0 Å². The Balaban J connectivity index is 1.43. The van der Waals surface area contributed by atoms with Crippen LogP contribution in [0.1, 0.15) is 51.4 Å². The number of hydrogen-bond donors (Lipinski definition) is 1. The molecular formula is C14H27NO3. The molecule has 0 aromatic rings. The van der Waals surface area contributed by atoms with Gasteiger partial charge in [-0.25, -0.2) is 0 Å². The van der Waals surface area contributed by atoms with Gasteiger partial charge in [-0.1, -0.05) is 0 Å². The summed E-state index contributed by atoms with van der Waals surface area (Å²) < 4.78 is 17.0. The van der Waals surface area contributed by atoms with Gasteiger partial charge in [0.2, 0.25) is 0 Å². The fourth-order valence-corrected chi connectivity index (χ4v) is 2.62. The van der Waals surface area contributed by atoms with Crippen molar-refractivity contribution in [2.45, 2.75) is 69.8 Å². The molecule has 0 bridgehead atoms. The predicted octanol–water partition coefficient (Wildman–Crippen LogP) is 2.21. The number of ether oxygens (including phenoxy) is 3. The minimum absolute atomic E-state index is 0.0337. The van der Waals surface area contributed by atoms with E-state index in [1.165, 1.54) is 12.8 Å². The van der Waals surface area contributed by atoms with Crippen molar-refractivity contribution in [1.29, 1.82) is 0 Å². The molecule has 1 saturated heterocycles. The maximum atomic E-state index is 5.87. The summed E-state index contributed by atoms with van der Waals surface area (Å²) in [6.07, 6.45) is 9.32. The molecule has 1 unspecified atom stereocenters. The summed E-state index contributed by atoms with van der Waals surface area (Å²) in [5, 5.41) is 0. The first kappa shape index (κ1) is 14.3. The molecule has 4 heteroatoms. The Morgan fingerprint density at radius 1 is 0.944 bits per heavy atom. The first-order chi connectivity index (χ1) is 8.84. The van der Waals surface area contributed by atoms with Crippen molar-refractivity contribution in [3.63, 3.8) is 0 Å². The smallest absolute Gasteiger partial charge is 0.157 e. The average molecular weight is 257 g/mol. The Hall–Kier alpha value is -0.160. The summed E-state index contributed by atoms with van der Waals surface area (Å²) in [7, 11) is 0. The second-order valence-electron chi connectivity index (χ2n) is 5.43. The largest absolute Gasteiger partial charge is 0.378 e. The molecule has 1 atom stereocenters. The minimum atomic E-state index is 0.0337. The van der Waals surface area contributed by atoms with Gasteiger partial charge in [-0.2, -0.15) is 0 Å². The van der Waals surface area contributed by atoms with Crippen molar-refractivity contribution in [2.24, 2.45) is 5.73 Å².